The predicted molar refractivity (Wildman–Crippen MR) is 97.2 cm³/mol. The lowest BCUT2D eigenvalue weighted by Gasteiger charge is -2.08. The number of ether oxygens (including phenoxy) is 1. The number of phenols is 1. The van der Waals surface area contributed by atoms with Gasteiger partial charge in [0.15, 0.2) is 11.5 Å². The minimum atomic E-state index is -0.621. The number of carbonyl (C=O) groups excluding carboxylic acids is 1. The monoisotopic (exact) mass is 377 g/mol. The Balaban J connectivity index is 2.24. The summed E-state index contributed by atoms with van der Waals surface area (Å²) in [6, 6.07) is 7.15. The van der Waals surface area contributed by atoms with Crippen LogP contribution >= 0.6 is 11.6 Å². The molecule has 1 amide bonds. The van der Waals surface area contributed by atoms with Crippen LogP contribution in [-0.2, 0) is 0 Å². The number of halogens is 1. The largest absolute Gasteiger partial charge is 0.504 e. The Bertz CT molecular complexity index is 883. The topological polar surface area (TPSA) is 114 Å². The second-order valence-electron chi connectivity index (χ2n) is 5.25. The van der Waals surface area contributed by atoms with Gasteiger partial charge >= 0.3 is 0 Å². The highest BCUT2D eigenvalue weighted by atomic mass is 35.5. The van der Waals surface area contributed by atoms with Crippen molar-refractivity contribution in [2.75, 3.05) is 6.61 Å². The third-order valence-corrected chi connectivity index (χ3v) is 3.65. The molecule has 0 unspecified atom stereocenters. The number of nitro groups is 1. The Morgan fingerprint density at radius 1 is 1.42 bits per heavy atom. The van der Waals surface area contributed by atoms with E-state index in [1.54, 1.807) is 25.1 Å². The van der Waals surface area contributed by atoms with Crippen LogP contribution in [0.15, 0.2) is 35.4 Å². The Hall–Kier alpha value is -3.13. The lowest BCUT2D eigenvalue weighted by molar-refractivity contribution is -0.385. The molecule has 26 heavy (non-hydrogen) atoms. The molecule has 0 atom stereocenters. The molecule has 136 valence electrons. The first-order chi connectivity index (χ1) is 12.3. The van der Waals surface area contributed by atoms with E-state index >= 15 is 0 Å². The van der Waals surface area contributed by atoms with Crippen molar-refractivity contribution in [3.8, 4) is 11.5 Å². The Labute approximate surface area is 154 Å². The predicted octanol–water partition coefficient (Wildman–Crippen LogP) is 3.42. The van der Waals surface area contributed by atoms with Crippen molar-refractivity contribution in [3.05, 3.63) is 62.2 Å². The number of hydrogen-bond donors (Lipinski definition) is 2. The molecule has 2 aromatic rings. The van der Waals surface area contributed by atoms with Gasteiger partial charge in [-0.05, 0) is 31.5 Å². The molecule has 0 saturated heterocycles. The van der Waals surface area contributed by atoms with E-state index in [9.17, 15) is 20.0 Å². The van der Waals surface area contributed by atoms with Crippen LogP contribution in [0.25, 0.3) is 0 Å². The number of rotatable bonds is 6. The van der Waals surface area contributed by atoms with Crippen LogP contribution in [0.5, 0.6) is 11.5 Å². The molecule has 0 saturated carbocycles. The molecule has 0 bridgehead atoms. The minimum absolute atomic E-state index is 0.0259. The van der Waals surface area contributed by atoms with Crippen LogP contribution < -0.4 is 10.2 Å². The van der Waals surface area contributed by atoms with E-state index in [1.807, 2.05) is 6.92 Å². The maximum absolute atomic E-state index is 12.1. The van der Waals surface area contributed by atoms with E-state index in [2.05, 4.69) is 10.5 Å². The summed E-state index contributed by atoms with van der Waals surface area (Å²) in [5.74, 6) is -0.916. The van der Waals surface area contributed by atoms with Gasteiger partial charge in [-0.15, -0.1) is 0 Å². The number of benzene rings is 2. The van der Waals surface area contributed by atoms with E-state index in [1.165, 1.54) is 0 Å². The summed E-state index contributed by atoms with van der Waals surface area (Å²) >= 11 is 6.01. The summed E-state index contributed by atoms with van der Waals surface area (Å²) in [5.41, 5.74) is 3.14. The zero-order chi connectivity index (χ0) is 19.3. The number of amides is 1. The highest BCUT2D eigenvalue weighted by Gasteiger charge is 2.16. The zero-order valence-electron chi connectivity index (χ0n) is 14.0. The highest BCUT2D eigenvalue weighted by Crippen LogP contribution is 2.33. The third-order valence-electron chi connectivity index (χ3n) is 3.34. The summed E-state index contributed by atoms with van der Waals surface area (Å²) in [6.45, 7) is 3.73. The van der Waals surface area contributed by atoms with Gasteiger partial charge in [0, 0.05) is 11.6 Å². The van der Waals surface area contributed by atoms with Crippen molar-refractivity contribution in [1.82, 2.24) is 5.43 Å². The van der Waals surface area contributed by atoms with E-state index in [0.717, 1.165) is 23.9 Å². The Kier molecular flexibility index (Phi) is 6.13. The number of phenolic OH excluding ortho intramolecular Hbond substituents is 1. The molecule has 0 aliphatic heterocycles. The van der Waals surface area contributed by atoms with Gasteiger partial charge in [-0.3, -0.25) is 14.9 Å². The maximum Gasteiger partial charge on any atom is 0.274 e. The lowest BCUT2D eigenvalue weighted by atomic mass is 10.1. The summed E-state index contributed by atoms with van der Waals surface area (Å²) in [7, 11) is 0. The van der Waals surface area contributed by atoms with E-state index in [4.69, 9.17) is 16.3 Å². The highest BCUT2D eigenvalue weighted by molar-refractivity contribution is 6.33. The number of non-ortho nitro benzene ring substituents is 1. The molecule has 0 spiro atoms. The first kappa shape index (κ1) is 19.2. The van der Waals surface area contributed by atoms with E-state index < -0.39 is 10.8 Å². The average Bonchev–Trinajstić information content (AvgIpc) is 2.57. The molecule has 2 N–H and O–H groups in total. The van der Waals surface area contributed by atoms with E-state index in [0.29, 0.717) is 0 Å². The fourth-order valence-electron chi connectivity index (χ4n) is 2.11. The summed E-state index contributed by atoms with van der Waals surface area (Å²) in [5, 5.41) is 25.1. The number of nitrogens with zero attached hydrogens (tertiary/aromatic N) is 2. The first-order valence-corrected chi connectivity index (χ1v) is 7.95. The van der Waals surface area contributed by atoms with Gasteiger partial charge in [-0.1, -0.05) is 17.7 Å². The van der Waals surface area contributed by atoms with E-state index in [-0.39, 0.29) is 39.9 Å². The molecule has 2 aromatic carbocycles. The number of carbonyl (C=O) groups is 1. The van der Waals surface area contributed by atoms with Crippen LogP contribution in [0, 0.1) is 17.0 Å². The lowest BCUT2D eigenvalue weighted by Crippen LogP contribution is -2.18. The number of nitrogens with one attached hydrogen (secondary N) is 1. The molecule has 0 radical (unpaired) electrons. The number of hydrazone groups is 1. The van der Waals surface area contributed by atoms with Crippen molar-refractivity contribution >= 4 is 29.4 Å². The number of aryl methyl sites for hydroxylation is 1. The van der Waals surface area contributed by atoms with Crippen LogP contribution in [0.1, 0.15) is 28.4 Å². The fraction of sp³-hybridized carbons (Fsp3) is 0.176. The molecule has 9 heteroatoms. The molecule has 0 aliphatic rings. The Morgan fingerprint density at radius 2 is 2.15 bits per heavy atom. The van der Waals surface area contributed by atoms with Gasteiger partial charge < -0.3 is 9.84 Å². The molecule has 0 fully saturated rings. The second kappa shape index (κ2) is 8.30. The van der Waals surface area contributed by atoms with Crippen LogP contribution in [-0.4, -0.2) is 28.8 Å². The number of nitro benzene ring substituents is 1. The molecular weight excluding hydrogens is 362 g/mol. The van der Waals surface area contributed by atoms with Gasteiger partial charge in [0.2, 0.25) is 0 Å². The van der Waals surface area contributed by atoms with Gasteiger partial charge in [-0.25, -0.2) is 5.43 Å². The van der Waals surface area contributed by atoms with Crippen molar-refractivity contribution in [3.63, 3.8) is 0 Å². The molecule has 0 aliphatic carbocycles. The standard InChI is InChI=1S/C17H16ClN3O5/c1-3-26-15-8-12(21(24)25)7-11(16(15)22)9-19-20-17(23)13-5-4-10(2)6-14(13)18/h4-9,22H,3H2,1-2H3,(H,20,23)/b19-9-. The SMILES string of the molecule is CCOc1cc([N+](=O)[O-])cc(/C=N\NC(=O)c2ccc(C)cc2Cl)c1O. The number of hydrogen-bond acceptors (Lipinski definition) is 6. The van der Waals surface area contributed by atoms with Gasteiger partial charge in [0.1, 0.15) is 0 Å². The van der Waals surface area contributed by atoms with Crippen molar-refractivity contribution < 1.29 is 19.6 Å². The first-order valence-electron chi connectivity index (χ1n) is 7.57. The van der Waals surface area contributed by atoms with Crippen molar-refractivity contribution in [2.45, 2.75) is 13.8 Å². The zero-order valence-corrected chi connectivity index (χ0v) is 14.8. The van der Waals surface area contributed by atoms with Crippen LogP contribution in [0.4, 0.5) is 5.69 Å². The summed E-state index contributed by atoms with van der Waals surface area (Å²) < 4.78 is 5.17. The Morgan fingerprint density at radius 3 is 2.77 bits per heavy atom. The van der Waals surface area contributed by atoms with Gasteiger partial charge in [-0.2, -0.15) is 5.10 Å². The average molecular weight is 378 g/mol. The third kappa shape index (κ3) is 4.48. The molecular formula is C17H16ClN3O5. The number of aromatic hydroxyl groups is 1. The summed E-state index contributed by atoms with van der Waals surface area (Å²) in [4.78, 5) is 22.5. The quantitative estimate of drug-likeness (QED) is 0.454. The minimum Gasteiger partial charge on any atom is -0.504 e. The smallest absolute Gasteiger partial charge is 0.274 e. The second-order valence-corrected chi connectivity index (χ2v) is 5.66. The van der Waals surface area contributed by atoms with Crippen molar-refractivity contribution in [2.24, 2.45) is 5.10 Å². The van der Waals surface area contributed by atoms with Crippen molar-refractivity contribution in [1.29, 1.82) is 0 Å². The molecule has 0 heterocycles. The van der Waals surface area contributed by atoms with Gasteiger partial charge in [0.25, 0.3) is 11.6 Å². The normalized spacial score (nSPS) is 10.7. The summed E-state index contributed by atoms with van der Waals surface area (Å²) in [6.07, 6.45) is 1.09. The molecule has 0 aromatic heterocycles. The fourth-order valence-corrected chi connectivity index (χ4v) is 2.43. The molecule has 8 nitrogen and oxygen atoms in total. The van der Waals surface area contributed by atoms with Crippen LogP contribution in [0.3, 0.4) is 0 Å². The van der Waals surface area contributed by atoms with Crippen LogP contribution in [0.2, 0.25) is 5.02 Å². The maximum atomic E-state index is 12.1. The van der Waals surface area contributed by atoms with Gasteiger partial charge in [0.05, 0.1) is 34.4 Å². The molecule has 2 rings (SSSR count).